The molecule has 1 aromatic rings. The lowest BCUT2D eigenvalue weighted by Crippen LogP contribution is -2.32. The predicted molar refractivity (Wildman–Crippen MR) is 76.0 cm³/mol. The summed E-state index contributed by atoms with van der Waals surface area (Å²) in [6.45, 7) is 6.70. The Labute approximate surface area is 110 Å². The summed E-state index contributed by atoms with van der Waals surface area (Å²) in [5, 5.41) is 6.56. The van der Waals surface area contributed by atoms with E-state index in [9.17, 15) is 0 Å². The summed E-state index contributed by atoms with van der Waals surface area (Å²) in [5.74, 6) is 1.63. The molecular formula is C14H24N4. The number of nitrogens with one attached hydrogen (secondary N) is 2. The zero-order valence-corrected chi connectivity index (χ0v) is 11.9. The van der Waals surface area contributed by atoms with Crippen molar-refractivity contribution in [2.75, 3.05) is 17.7 Å². The Balaban J connectivity index is 2.07. The van der Waals surface area contributed by atoms with Crippen molar-refractivity contribution in [2.45, 2.75) is 52.5 Å². The summed E-state index contributed by atoms with van der Waals surface area (Å²) < 4.78 is 0. The molecule has 2 N–H and O–H groups in total. The standard InChI is InChI=1S/C14H24N4/c1-10-8-12(18-13(15-4)16-10)17-11-6-5-7-14(2,3)9-11/h8,11H,5-7,9H2,1-4H3,(H2,15,16,17,18). The molecule has 1 unspecified atom stereocenters. The van der Waals surface area contributed by atoms with E-state index in [-0.39, 0.29) is 0 Å². The van der Waals surface area contributed by atoms with Gasteiger partial charge in [-0.15, -0.1) is 0 Å². The van der Waals surface area contributed by atoms with Gasteiger partial charge in [0.05, 0.1) is 0 Å². The van der Waals surface area contributed by atoms with Crippen molar-refractivity contribution in [3.8, 4) is 0 Å². The highest BCUT2D eigenvalue weighted by atomic mass is 15.1. The normalized spacial score (nSPS) is 22.6. The molecule has 0 saturated heterocycles. The fraction of sp³-hybridized carbons (Fsp3) is 0.714. The summed E-state index contributed by atoms with van der Waals surface area (Å²) in [6, 6.07) is 2.55. The van der Waals surface area contributed by atoms with Gasteiger partial charge in [-0.1, -0.05) is 20.3 Å². The third-order valence-electron chi connectivity index (χ3n) is 3.63. The number of anilines is 2. The van der Waals surface area contributed by atoms with Gasteiger partial charge in [0, 0.05) is 24.8 Å². The average Bonchev–Trinajstić information content (AvgIpc) is 2.26. The van der Waals surface area contributed by atoms with Gasteiger partial charge in [0.2, 0.25) is 5.95 Å². The lowest BCUT2D eigenvalue weighted by molar-refractivity contribution is 0.229. The second-order valence-corrected chi connectivity index (χ2v) is 6.07. The Kier molecular flexibility index (Phi) is 3.73. The Morgan fingerprint density at radius 1 is 1.33 bits per heavy atom. The number of hydrogen-bond donors (Lipinski definition) is 2. The summed E-state index contributed by atoms with van der Waals surface area (Å²) in [7, 11) is 1.85. The van der Waals surface area contributed by atoms with Crippen LogP contribution in [0.1, 0.15) is 45.2 Å². The van der Waals surface area contributed by atoms with Crippen molar-refractivity contribution in [2.24, 2.45) is 5.41 Å². The lowest BCUT2D eigenvalue weighted by Gasteiger charge is -2.35. The van der Waals surface area contributed by atoms with Crippen molar-refractivity contribution in [3.05, 3.63) is 11.8 Å². The van der Waals surface area contributed by atoms with Crippen molar-refractivity contribution in [1.82, 2.24) is 9.97 Å². The fourth-order valence-electron chi connectivity index (χ4n) is 2.78. The van der Waals surface area contributed by atoms with E-state index in [1.54, 1.807) is 0 Å². The molecule has 0 spiro atoms. The van der Waals surface area contributed by atoms with Crippen LogP contribution in [-0.4, -0.2) is 23.1 Å². The summed E-state index contributed by atoms with van der Waals surface area (Å²) in [5.41, 5.74) is 1.44. The highest BCUT2D eigenvalue weighted by Crippen LogP contribution is 2.36. The van der Waals surface area contributed by atoms with Crippen LogP contribution in [0.25, 0.3) is 0 Å². The van der Waals surface area contributed by atoms with Gasteiger partial charge in [0.15, 0.2) is 0 Å². The minimum absolute atomic E-state index is 0.448. The Morgan fingerprint density at radius 2 is 2.11 bits per heavy atom. The topological polar surface area (TPSA) is 49.8 Å². The first-order chi connectivity index (χ1) is 8.48. The van der Waals surface area contributed by atoms with Gasteiger partial charge in [0.1, 0.15) is 5.82 Å². The van der Waals surface area contributed by atoms with Gasteiger partial charge in [-0.3, -0.25) is 0 Å². The van der Waals surface area contributed by atoms with Crippen LogP contribution in [0, 0.1) is 12.3 Å². The van der Waals surface area contributed by atoms with Crippen LogP contribution in [0.5, 0.6) is 0 Å². The van der Waals surface area contributed by atoms with E-state index in [0.717, 1.165) is 11.5 Å². The molecule has 0 aliphatic heterocycles. The molecule has 2 rings (SSSR count). The van der Waals surface area contributed by atoms with Crippen LogP contribution < -0.4 is 10.6 Å². The first kappa shape index (κ1) is 13.1. The number of hydrogen-bond acceptors (Lipinski definition) is 4. The molecule has 1 fully saturated rings. The van der Waals surface area contributed by atoms with Gasteiger partial charge in [0.25, 0.3) is 0 Å². The van der Waals surface area contributed by atoms with Gasteiger partial charge in [-0.25, -0.2) is 4.98 Å². The zero-order chi connectivity index (χ0) is 13.2. The van der Waals surface area contributed by atoms with Gasteiger partial charge < -0.3 is 10.6 Å². The van der Waals surface area contributed by atoms with E-state index in [2.05, 4.69) is 34.4 Å². The fourth-order valence-corrected chi connectivity index (χ4v) is 2.78. The minimum atomic E-state index is 0.448. The molecule has 4 heteroatoms. The number of aromatic nitrogens is 2. The number of aryl methyl sites for hydroxylation is 1. The summed E-state index contributed by atoms with van der Waals surface area (Å²) in [6.07, 6.45) is 5.08. The van der Waals surface area contributed by atoms with Crippen molar-refractivity contribution >= 4 is 11.8 Å². The molecule has 1 aromatic heterocycles. The molecule has 1 heterocycles. The van der Waals surface area contributed by atoms with Gasteiger partial charge >= 0.3 is 0 Å². The molecule has 0 amide bonds. The van der Waals surface area contributed by atoms with E-state index in [1.165, 1.54) is 25.7 Å². The lowest BCUT2D eigenvalue weighted by atomic mass is 9.75. The summed E-state index contributed by atoms with van der Waals surface area (Å²) in [4.78, 5) is 8.77. The Morgan fingerprint density at radius 3 is 2.78 bits per heavy atom. The van der Waals surface area contributed by atoms with E-state index in [4.69, 9.17) is 0 Å². The predicted octanol–water partition coefficient (Wildman–Crippen LogP) is 3.21. The van der Waals surface area contributed by atoms with E-state index < -0.39 is 0 Å². The van der Waals surface area contributed by atoms with Crippen molar-refractivity contribution < 1.29 is 0 Å². The van der Waals surface area contributed by atoms with Crippen molar-refractivity contribution in [3.63, 3.8) is 0 Å². The van der Waals surface area contributed by atoms with Gasteiger partial charge in [-0.2, -0.15) is 4.98 Å². The molecule has 1 aliphatic carbocycles. The molecule has 1 saturated carbocycles. The quantitative estimate of drug-likeness (QED) is 0.862. The monoisotopic (exact) mass is 248 g/mol. The van der Waals surface area contributed by atoms with Crippen LogP contribution in [0.15, 0.2) is 6.07 Å². The van der Waals surface area contributed by atoms with Crippen LogP contribution in [0.2, 0.25) is 0 Å². The van der Waals surface area contributed by atoms with Gasteiger partial charge in [-0.05, 0) is 31.6 Å². The third-order valence-corrected chi connectivity index (χ3v) is 3.63. The summed E-state index contributed by atoms with van der Waals surface area (Å²) >= 11 is 0. The molecule has 4 nitrogen and oxygen atoms in total. The second kappa shape index (κ2) is 5.12. The maximum atomic E-state index is 4.46. The SMILES string of the molecule is CNc1nc(C)cc(NC2CCCC(C)(C)C2)n1. The number of nitrogens with zero attached hydrogens (tertiary/aromatic N) is 2. The van der Waals surface area contributed by atoms with E-state index >= 15 is 0 Å². The van der Waals surface area contributed by atoms with Crippen LogP contribution in [-0.2, 0) is 0 Å². The highest BCUT2D eigenvalue weighted by molar-refractivity contribution is 5.42. The molecule has 1 aliphatic rings. The smallest absolute Gasteiger partial charge is 0.224 e. The molecule has 0 radical (unpaired) electrons. The van der Waals surface area contributed by atoms with Crippen molar-refractivity contribution in [1.29, 1.82) is 0 Å². The maximum Gasteiger partial charge on any atom is 0.224 e. The maximum absolute atomic E-state index is 4.46. The zero-order valence-electron chi connectivity index (χ0n) is 11.9. The first-order valence-corrected chi connectivity index (χ1v) is 6.78. The average molecular weight is 248 g/mol. The molecule has 18 heavy (non-hydrogen) atoms. The van der Waals surface area contributed by atoms with Crippen LogP contribution in [0.3, 0.4) is 0 Å². The largest absolute Gasteiger partial charge is 0.367 e. The molecule has 1 atom stereocenters. The van der Waals surface area contributed by atoms with Crippen LogP contribution in [0.4, 0.5) is 11.8 Å². The minimum Gasteiger partial charge on any atom is -0.367 e. The number of rotatable bonds is 3. The van der Waals surface area contributed by atoms with Crippen LogP contribution >= 0.6 is 0 Å². The Bertz CT molecular complexity index is 414. The first-order valence-electron chi connectivity index (χ1n) is 6.78. The Hall–Kier alpha value is -1.32. The molecule has 100 valence electrons. The van der Waals surface area contributed by atoms with E-state index in [1.807, 2.05) is 20.0 Å². The molecular weight excluding hydrogens is 224 g/mol. The third kappa shape index (κ3) is 3.34. The van der Waals surface area contributed by atoms with E-state index in [0.29, 0.717) is 17.4 Å². The molecule has 0 bridgehead atoms. The molecule has 0 aromatic carbocycles. The second-order valence-electron chi connectivity index (χ2n) is 6.07. The highest BCUT2D eigenvalue weighted by Gasteiger charge is 2.28.